The van der Waals surface area contributed by atoms with Crippen molar-refractivity contribution in [2.24, 2.45) is 0 Å². The topological polar surface area (TPSA) is 35.6 Å². The lowest BCUT2D eigenvalue weighted by Crippen LogP contribution is -2.49. The number of carbonyl (C=O) groups is 1. The molecule has 0 aliphatic carbocycles. The fourth-order valence-electron chi connectivity index (χ4n) is 2.96. The number of piperazine rings is 1. The van der Waals surface area contributed by atoms with Gasteiger partial charge in [0.1, 0.15) is 0 Å². The smallest absolute Gasteiger partial charge is 0.234 e. The van der Waals surface area contributed by atoms with Crippen LogP contribution in [0.25, 0.3) is 0 Å². The Balaban J connectivity index is 1.32. The van der Waals surface area contributed by atoms with E-state index < -0.39 is 0 Å². The maximum absolute atomic E-state index is 12.1. The molecule has 25 heavy (non-hydrogen) atoms. The maximum atomic E-state index is 12.1. The van der Waals surface area contributed by atoms with E-state index in [1.165, 1.54) is 4.88 Å². The zero-order valence-electron chi connectivity index (χ0n) is 14.3. The predicted octanol–water partition coefficient (Wildman–Crippen LogP) is 2.88. The van der Waals surface area contributed by atoms with Gasteiger partial charge in [0.15, 0.2) is 0 Å². The monoisotopic (exact) mass is 377 g/mol. The lowest BCUT2D eigenvalue weighted by Gasteiger charge is -2.34. The minimum Gasteiger partial charge on any atom is -0.351 e. The van der Waals surface area contributed by atoms with Gasteiger partial charge in [-0.2, -0.15) is 0 Å². The first-order valence-electron chi connectivity index (χ1n) is 8.67. The van der Waals surface area contributed by atoms with E-state index in [4.69, 9.17) is 11.6 Å². The van der Waals surface area contributed by atoms with Gasteiger partial charge in [0.25, 0.3) is 0 Å². The van der Waals surface area contributed by atoms with Crippen LogP contribution in [0.1, 0.15) is 10.4 Å². The highest BCUT2D eigenvalue weighted by atomic mass is 35.5. The number of nitrogens with one attached hydrogen (secondary N) is 1. The van der Waals surface area contributed by atoms with Crippen LogP contribution in [0, 0.1) is 0 Å². The quantitative estimate of drug-likeness (QED) is 0.805. The predicted molar refractivity (Wildman–Crippen MR) is 104 cm³/mol. The molecule has 0 radical (unpaired) electrons. The first-order valence-corrected chi connectivity index (χ1v) is 9.93. The summed E-state index contributed by atoms with van der Waals surface area (Å²) in [6.07, 6.45) is 1.12. The molecule has 1 aliphatic rings. The van der Waals surface area contributed by atoms with Crippen molar-refractivity contribution in [3.63, 3.8) is 0 Å². The SMILES string of the molecule is O=C(CN1CCN(CCc2cccs2)CC1)NCc1ccc(Cl)cc1. The van der Waals surface area contributed by atoms with Gasteiger partial charge in [-0.1, -0.05) is 29.8 Å². The third-order valence-electron chi connectivity index (χ3n) is 4.49. The Kier molecular flexibility index (Phi) is 6.87. The molecule has 0 saturated carbocycles. The van der Waals surface area contributed by atoms with Gasteiger partial charge in [-0.05, 0) is 35.6 Å². The van der Waals surface area contributed by atoms with Gasteiger partial charge in [-0.25, -0.2) is 0 Å². The van der Waals surface area contributed by atoms with E-state index >= 15 is 0 Å². The molecule has 1 N–H and O–H groups in total. The van der Waals surface area contributed by atoms with Crippen molar-refractivity contribution in [3.05, 3.63) is 57.2 Å². The highest BCUT2D eigenvalue weighted by Crippen LogP contribution is 2.11. The van der Waals surface area contributed by atoms with Gasteiger partial charge in [-0.15, -0.1) is 11.3 Å². The normalized spacial score (nSPS) is 16.0. The Morgan fingerprint density at radius 3 is 2.48 bits per heavy atom. The molecule has 0 bridgehead atoms. The minimum atomic E-state index is 0.0852. The minimum absolute atomic E-state index is 0.0852. The molecule has 0 atom stereocenters. The number of amides is 1. The molecular formula is C19H24ClN3OS. The summed E-state index contributed by atoms with van der Waals surface area (Å²) < 4.78 is 0. The number of nitrogens with zero attached hydrogens (tertiary/aromatic N) is 2. The van der Waals surface area contributed by atoms with Crippen LogP contribution in [0.15, 0.2) is 41.8 Å². The van der Waals surface area contributed by atoms with Crippen molar-refractivity contribution in [2.45, 2.75) is 13.0 Å². The maximum Gasteiger partial charge on any atom is 0.234 e. The van der Waals surface area contributed by atoms with Gasteiger partial charge < -0.3 is 10.2 Å². The molecule has 2 aromatic rings. The summed E-state index contributed by atoms with van der Waals surface area (Å²) in [5.41, 5.74) is 1.07. The number of hydrogen-bond donors (Lipinski definition) is 1. The van der Waals surface area contributed by atoms with Gasteiger partial charge in [0.05, 0.1) is 6.54 Å². The number of carbonyl (C=O) groups excluding carboxylic acids is 1. The fourth-order valence-corrected chi connectivity index (χ4v) is 3.78. The number of thiophene rings is 1. The van der Waals surface area contributed by atoms with Crippen molar-refractivity contribution in [1.82, 2.24) is 15.1 Å². The molecule has 4 nitrogen and oxygen atoms in total. The van der Waals surface area contributed by atoms with E-state index in [1.807, 2.05) is 35.6 Å². The second-order valence-corrected chi connectivity index (χ2v) is 7.82. The van der Waals surface area contributed by atoms with Crippen LogP contribution in [-0.4, -0.2) is 55.0 Å². The Morgan fingerprint density at radius 1 is 1.08 bits per heavy atom. The molecule has 1 aromatic heterocycles. The van der Waals surface area contributed by atoms with Crippen molar-refractivity contribution >= 4 is 28.8 Å². The van der Waals surface area contributed by atoms with E-state index in [-0.39, 0.29) is 5.91 Å². The standard InChI is InChI=1S/C19H24ClN3OS/c20-17-5-3-16(4-6-17)14-21-19(24)15-23-11-9-22(10-12-23)8-7-18-2-1-13-25-18/h1-6,13H,7-12,14-15H2,(H,21,24). The zero-order chi connectivity index (χ0) is 17.5. The molecule has 0 spiro atoms. The van der Waals surface area contributed by atoms with E-state index in [0.29, 0.717) is 18.1 Å². The molecule has 0 unspecified atom stereocenters. The fraction of sp³-hybridized carbons (Fsp3) is 0.421. The first kappa shape index (κ1) is 18.4. The van der Waals surface area contributed by atoms with E-state index in [0.717, 1.165) is 44.7 Å². The molecule has 134 valence electrons. The summed E-state index contributed by atoms with van der Waals surface area (Å²) in [5, 5.41) is 5.83. The largest absolute Gasteiger partial charge is 0.351 e. The molecule has 1 aromatic carbocycles. The lowest BCUT2D eigenvalue weighted by atomic mass is 10.2. The molecule has 1 saturated heterocycles. The summed E-state index contributed by atoms with van der Waals surface area (Å²) in [6, 6.07) is 11.9. The number of rotatable bonds is 7. The number of benzene rings is 1. The Labute approximate surface area is 158 Å². The van der Waals surface area contributed by atoms with E-state index in [1.54, 1.807) is 0 Å². The molecule has 1 aliphatic heterocycles. The van der Waals surface area contributed by atoms with Crippen LogP contribution >= 0.6 is 22.9 Å². The number of hydrogen-bond acceptors (Lipinski definition) is 4. The summed E-state index contributed by atoms with van der Waals surface area (Å²) in [7, 11) is 0. The molecular weight excluding hydrogens is 354 g/mol. The first-order chi connectivity index (χ1) is 12.2. The molecule has 2 heterocycles. The highest BCUT2D eigenvalue weighted by molar-refractivity contribution is 7.09. The van der Waals surface area contributed by atoms with Crippen LogP contribution in [0.2, 0.25) is 5.02 Å². The summed E-state index contributed by atoms with van der Waals surface area (Å²) in [6.45, 7) is 6.13. The van der Waals surface area contributed by atoms with Crippen molar-refractivity contribution in [2.75, 3.05) is 39.3 Å². The van der Waals surface area contributed by atoms with Crippen molar-refractivity contribution in [3.8, 4) is 0 Å². The van der Waals surface area contributed by atoms with Crippen LogP contribution in [0.4, 0.5) is 0 Å². The third-order valence-corrected chi connectivity index (χ3v) is 5.68. The Hall–Kier alpha value is -1.40. The summed E-state index contributed by atoms with van der Waals surface area (Å²) in [4.78, 5) is 18.3. The van der Waals surface area contributed by atoms with E-state index in [9.17, 15) is 4.79 Å². The average Bonchev–Trinajstić information content (AvgIpc) is 3.14. The average molecular weight is 378 g/mol. The van der Waals surface area contributed by atoms with Crippen molar-refractivity contribution < 1.29 is 4.79 Å². The van der Waals surface area contributed by atoms with Crippen LogP contribution in [0.5, 0.6) is 0 Å². The van der Waals surface area contributed by atoms with Gasteiger partial charge in [0.2, 0.25) is 5.91 Å². The molecule has 3 rings (SSSR count). The second-order valence-electron chi connectivity index (χ2n) is 6.35. The molecule has 1 amide bonds. The Bertz CT molecular complexity index is 652. The van der Waals surface area contributed by atoms with Gasteiger partial charge in [0, 0.05) is 49.2 Å². The summed E-state index contributed by atoms with van der Waals surface area (Å²) in [5.74, 6) is 0.0852. The summed E-state index contributed by atoms with van der Waals surface area (Å²) >= 11 is 7.70. The second kappa shape index (κ2) is 9.34. The van der Waals surface area contributed by atoms with Crippen LogP contribution in [-0.2, 0) is 17.8 Å². The molecule has 1 fully saturated rings. The third kappa shape index (κ3) is 6.12. The Morgan fingerprint density at radius 2 is 1.80 bits per heavy atom. The zero-order valence-corrected chi connectivity index (χ0v) is 15.9. The van der Waals surface area contributed by atoms with Gasteiger partial charge in [-0.3, -0.25) is 9.69 Å². The van der Waals surface area contributed by atoms with Gasteiger partial charge >= 0.3 is 0 Å². The van der Waals surface area contributed by atoms with Crippen molar-refractivity contribution in [1.29, 1.82) is 0 Å². The molecule has 6 heteroatoms. The van der Waals surface area contributed by atoms with Crippen LogP contribution in [0.3, 0.4) is 0 Å². The van der Waals surface area contributed by atoms with E-state index in [2.05, 4.69) is 32.6 Å². The number of halogens is 1. The highest BCUT2D eigenvalue weighted by Gasteiger charge is 2.18. The van der Waals surface area contributed by atoms with Crippen LogP contribution < -0.4 is 5.32 Å². The lowest BCUT2D eigenvalue weighted by molar-refractivity contribution is -0.122.